The summed E-state index contributed by atoms with van der Waals surface area (Å²) >= 11 is 0. The lowest BCUT2D eigenvalue weighted by molar-refractivity contribution is -0.139. The van der Waals surface area contributed by atoms with Crippen molar-refractivity contribution in [3.05, 3.63) is 77.7 Å². The van der Waals surface area contributed by atoms with Crippen molar-refractivity contribution in [1.29, 1.82) is 0 Å². The molecule has 0 aliphatic carbocycles. The van der Waals surface area contributed by atoms with Gasteiger partial charge in [0.2, 0.25) is 11.8 Å². The molecule has 0 radical (unpaired) electrons. The standard InChI is InChI=1S/C18H13F4N3O/c19-13-7-4-8-14(9-13)24-17-23-10-15(18(20,21)22)16(25-17)26-11-12-5-2-1-3-6-12/h1-10H,11H2,(H,23,24,25). The Morgan fingerprint density at radius 1 is 1.00 bits per heavy atom. The van der Waals surface area contributed by atoms with Crippen LogP contribution in [0.1, 0.15) is 11.1 Å². The van der Waals surface area contributed by atoms with Gasteiger partial charge in [0, 0.05) is 11.9 Å². The maximum atomic E-state index is 13.2. The van der Waals surface area contributed by atoms with Gasteiger partial charge in [0.25, 0.3) is 0 Å². The molecule has 0 amide bonds. The first-order valence-corrected chi connectivity index (χ1v) is 7.55. The van der Waals surface area contributed by atoms with Gasteiger partial charge < -0.3 is 10.1 Å². The van der Waals surface area contributed by atoms with Gasteiger partial charge in [-0.2, -0.15) is 18.2 Å². The Morgan fingerprint density at radius 2 is 1.77 bits per heavy atom. The van der Waals surface area contributed by atoms with Crippen LogP contribution in [0, 0.1) is 5.82 Å². The third-order valence-electron chi connectivity index (χ3n) is 3.36. The summed E-state index contributed by atoms with van der Waals surface area (Å²) in [5.41, 5.74) is -0.0872. The molecule has 0 unspecified atom stereocenters. The molecule has 0 aliphatic rings. The highest BCUT2D eigenvalue weighted by atomic mass is 19.4. The van der Waals surface area contributed by atoms with Crippen LogP contribution in [0.5, 0.6) is 5.88 Å². The Labute approximate surface area is 146 Å². The molecule has 3 rings (SSSR count). The van der Waals surface area contributed by atoms with E-state index >= 15 is 0 Å². The zero-order valence-electron chi connectivity index (χ0n) is 13.3. The maximum Gasteiger partial charge on any atom is 0.423 e. The number of halogens is 4. The molecule has 134 valence electrons. The Balaban J connectivity index is 1.86. The normalized spacial score (nSPS) is 11.2. The van der Waals surface area contributed by atoms with Gasteiger partial charge in [0.05, 0.1) is 0 Å². The van der Waals surface area contributed by atoms with Gasteiger partial charge in [0.15, 0.2) is 0 Å². The molecule has 0 aliphatic heterocycles. The van der Waals surface area contributed by atoms with E-state index in [1.807, 2.05) is 0 Å². The monoisotopic (exact) mass is 363 g/mol. The van der Waals surface area contributed by atoms with Gasteiger partial charge >= 0.3 is 6.18 Å². The van der Waals surface area contributed by atoms with E-state index in [2.05, 4.69) is 15.3 Å². The molecule has 0 atom stereocenters. The first-order valence-electron chi connectivity index (χ1n) is 7.55. The predicted octanol–water partition coefficient (Wildman–Crippen LogP) is 4.96. The van der Waals surface area contributed by atoms with E-state index in [4.69, 9.17) is 4.74 Å². The number of alkyl halides is 3. The van der Waals surface area contributed by atoms with Crippen LogP contribution in [0.15, 0.2) is 60.8 Å². The third kappa shape index (κ3) is 4.47. The van der Waals surface area contributed by atoms with E-state index in [9.17, 15) is 17.6 Å². The fourth-order valence-corrected chi connectivity index (χ4v) is 2.15. The highest BCUT2D eigenvalue weighted by Gasteiger charge is 2.36. The van der Waals surface area contributed by atoms with E-state index in [1.165, 1.54) is 24.3 Å². The van der Waals surface area contributed by atoms with Crippen LogP contribution in [0.3, 0.4) is 0 Å². The summed E-state index contributed by atoms with van der Waals surface area (Å²) in [5, 5.41) is 2.65. The summed E-state index contributed by atoms with van der Waals surface area (Å²) in [6.45, 7) is -0.0830. The minimum absolute atomic E-state index is 0.0830. The molecule has 0 saturated carbocycles. The Bertz CT molecular complexity index is 885. The number of benzene rings is 2. The first kappa shape index (κ1) is 17.7. The molecule has 3 aromatic rings. The number of ether oxygens (including phenoxy) is 1. The second kappa shape index (κ2) is 7.38. The summed E-state index contributed by atoms with van der Waals surface area (Å²) in [6, 6.07) is 14.1. The smallest absolute Gasteiger partial charge is 0.423 e. The highest BCUT2D eigenvalue weighted by molar-refractivity contribution is 5.53. The van der Waals surface area contributed by atoms with Crippen LogP contribution < -0.4 is 10.1 Å². The van der Waals surface area contributed by atoms with Crippen molar-refractivity contribution in [2.45, 2.75) is 12.8 Å². The minimum Gasteiger partial charge on any atom is -0.472 e. The van der Waals surface area contributed by atoms with Crippen LogP contribution in [0.4, 0.5) is 29.2 Å². The van der Waals surface area contributed by atoms with E-state index in [1.54, 1.807) is 30.3 Å². The van der Waals surface area contributed by atoms with Crippen molar-refractivity contribution in [2.24, 2.45) is 0 Å². The number of hydrogen-bond acceptors (Lipinski definition) is 4. The molecule has 8 heteroatoms. The summed E-state index contributed by atoms with van der Waals surface area (Å²) in [6.07, 6.45) is -4.03. The Morgan fingerprint density at radius 3 is 2.46 bits per heavy atom. The van der Waals surface area contributed by atoms with Crippen LogP contribution in [0.25, 0.3) is 0 Å². The van der Waals surface area contributed by atoms with Gasteiger partial charge in [-0.05, 0) is 23.8 Å². The zero-order chi connectivity index (χ0) is 18.6. The van der Waals surface area contributed by atoms with Crippen molar-refractivity contribution in [2.75, 3.05) is 5.32 Å². The highest BCUT2D eigenvalue weighted by Crippen LogP contribution is 2.35. The van der Waals surface area contributed by atoms with Crippen molar-refractivity contribution in [3.63, 3.8) is 0 Å². The summed E-state index contributed by atoms with van der Waals surface area (Å²) in [4.78, 5) is 7.43. The molecule has 0 spiro atoms. The molecular formula is C18H13F4N3O. The molecule has 1 aromatic heterocycles. The van der Waals surface area contributed by atoms with Gasteiger partial charge in [0.1, 0.15) is 18.0 Å². The van der Waals surface area contributed by atoms with E-state index in [0.29, 0.717) is 17.4 Å². The number of nitrogens with zero attached hydrogens (tertiary/aromatic N) is 2. The van der Waals surface area contributed by atoms with Crippen LogP contribution >= 0.6 is 0 Å². The van der Waals surface area contributed by atoms with Gasteiger partial charge in [-0.15, -0.1) is 0 Å². The summed E-state index contributed by atoms with van der Waals surface area (Å²) in [5.74, 6) is -1.23. The van der Waals surface area contributed by atoms with E-state index in [-0.39, 0.29) is 12.6 Å². The van der Waals surface area contributed by atoms with Crippen LogP contribution in [0.2, 0.25) is 0 Å². The minimum atomic E-state index is -4.66. The van der Waals surface area contributed by atoms with Gasteiger partial charge in [-0.25, -0.2) is 9.37 Å². The lowest BCUT2D eigenvalue weighted by atomic mass is 10.2. The zero-order valence-corrected chi connectivity index (χ0v) is 13.3. The second-order valence-electron chi connectivity index (χ2n) is 5.32. The quantitative estimate of drug-likeness (QED) is 0.651. The molecular weight excluding hydrogens is 350 g/mol. The van der Waals surface area contributed by atoms with Crippen molar-refractivity contribution in [3.8, 4) is 5.88 Å². The van der Waals surface area contributed by atoms with E-state index < -0.39 is 23.4 Å². The summed E-state index contributed by atoms with van der Waals surface area (Å²) in [7, 11) is 0. The first-order chi connectivity index (χ1) is 12.4. The average Bonchev–Trinajstić information content (AvgIpc) is 2.60. The van der Waals surface area contributed by atoms with Crippen molar-refractivity contribution < 1.29 is 22.3 Å². The fourth-order valence-electron chi connectivity index (χ4n) is 2.15. The van der Waals surface area contributed by atoms with Gasteiger partial charge in [-0.1, -0.05) is 36.4 Å². The number of aromatic nitrogens is 2. The van der Waals surface area contributed by atoms with Crippen molar-refractivity contribution >= 4 is 11.6 Å². The van der Waals surface area contributed by atoms with E-state index in [0.717, 1.165) is 0 Å². The lowest BCUT2D eigenvalue weighted by Crippen LogP contribution is -2.12. The molecule has 0 bridgehead atoms. The second-order valence-corrected chi connectivity index (χ2v) is 5.32. The topological polar surface area (TPSA) is 47.0 Å². The van der Waals surface area contributed by atoms with Crippen molar-refractivity contribution in [1.82, 2.24) is 9.97 Å². The lowest BCUT2D eigenvalue weighted by Gasteiger charge is -2.14. The molecule has 2 aromatic carbocycles. The molecule has 0 saturated heterocycles. The third-order valence-corrected chi connectivity index (χ3v) is 3.36. The maximum absolute atomic E-state index is 13.2. The molecule has 1 N–H and O–H groups in total. The van der Waals surface area contributed by atoms with Crippen LogP contribution in [-0.4, -0.2) is 9.97 Å². The average molecular weight is 363 g/mol. The fraction of sp³-hybridized carbons (Fsp3) is 0.111. The van der Waals surface area contributed by atoms with Gasteiger partial charge in [-0.3, -0.25) is 0 Å². The number of nitrogens with one attached hydrogen (secondary N) is 1. The molecule has 4 nitrogen and oxygen atoms in total. The molecule has 0 fully saturated rings. The SMILES string of the molecule is Fc1cccc(Nc2ncc(C(F)(F)F)c(OCc3ccccc3)n2)c1. The predicted molar refractivity (Wildman–Crippen MR) is 87.5 cm³/mol. The Hall–Kier alpha value is -3.16. The number of anilines is 2. The summed E-state index contributed by atoms with van der Waals surface area (Å²) < 4.78 is 58.0. The Kier molecular flexibility index (Phi) is 5.01. The number of hydrogen-bond donors (Lipinski definition) is 1. The number of rotatable bonds is 5. The molecule has 1 heterocycles. The van der Waals surface area contributed by atoms with Crippen LogP contribution in [-0.2, 0) is 12.8 Å². The largest absolute Gasteiger partial charge is 0.472 e. The molecule has 26 heavy (non-hydrogen) atoms.